The molecule has 5 nitrogen and oxygen atoms in total. The van der Waals surface area contributed by atoms with Gasteiger partial charge in [-0.3, -0.25) is 4.79 Å². The monoisotopic (exact) mass is 274 g/mol. The normalized spacial score (nSPS) is 28.8. The third-order valence-electron chi connectivity index (χ3n) is 3.70. The van der Waals surface area contributed by atoms with Crippen molar-refractivity contribution in [3.05, 3.63) is 0 Å². The Bertz CT molecular complexity index is 388. The van der Waals surface area contributed by atoms with Gasteiger partial charge in [0.2, 0.25) is 5.91 Å². The molecule has 6 heteroatoms. The van der Waals surface area contributed by atoms with Gasteiger partial charge in [0, 0.05) is 25.0 Å². The zero-order valence-corrected chi connectivity index (χ0v) is 11.5. The third kappa shape index (κ3) is 4.24. The molecule has 1 heterocycles. The maximum atomic E-state index is 11.8. The molecular formula is C12H22N2O3S. The zero-order valence-electron chi connectivity index (χ0n) is 10.7. The van der Waals surface area contributed by atoms with Crippen molar-refractivity contribution in [1.29, 1.82) is 0 Å². The molecule has 1 atom stereocenters. The van der Waals surface area contributed by atoms with Crippen LogP contribution < -0.4 is 10.6 Å². The van der Waals surface area contributed by atoms with Crippen molar-refractivity contribution in [3.63, 3.8) is 0 Å². The van der Waals surface area contributed by atoms with Gasteiger partial charge >= 0.3 is 0 Å². The second-order valence-corrected chi connectivity index (χ2v) is 7.60. The van der Waals surface area contributed by atoms with E-state index < -0.39 is 9.84 Å². The van der Waals surface area contributed by atoms with E-state index in [1.807, 2.05) is 0 Å². The lowest BCUT2D eigenvalue weighted by Gasteiger charge is -2.26. The maximum absolute atomic E-state index is 11.8. The Labute approximate surface area is 109 Å². The van der Waals surface area contributed by atoms with Crippen LogP contribution in [-0.4, -0.2) is 44.5 Å². The smallest absolute Gasteiger partial charge is 0.221 e. The molecule has 1 aliphatic heterocycles. The molecule has 2 fully saturated rings. The van der Waals surface area contributed by atoms with Gasteiger partial charge in [0.25, 0.3) is 0 Å². The molecule has 1 saturated heterocycles. The van der Waals surface area contributed by atoms with Crippen molar-refractivity contribution in [2.24, 2.45) is 0 Å². The van der Waals surface area contributed by atoms with Crippen LogP contribution in [0.15, 0.2) is 0 Å². The topological polar surface area (TPSA) is 75.3 Å². The van der Waals surface area contributed by atoms with E-state index in [1.54, 1.807) is 0 Å². The van der Waals surface area contributed by atoms with Gasteiger partial charge in [-0.2, -0.15) is 0 Å². The zero-order chi connectivity index (χ0) is 13.0. The van der Waals surface area contributed by atoms with E-state index in [2.05, 4.69) is 10.6 Å². The molecule has 104 valence electrons. The molecular weight excluding hydrogens is 252 g/mol. The number of sulfone groups is 1. The van der Waals surface area contributed by atoms with Crippen molar-refractivity contribution in [1.82, 2.24) is 10.6 Å². The van der Waals surface area contributed by atoms with E-state index >= 15 is 0 Å². The van der Waals surface area contributed by atoms with Crippen molar-refractivity contribution in [2.75, 3.05) is 18.1 Å². The van der Waals surface area contributed by atoms with Gasteiger partial charge in [-0.05, 0) is 12.8 Å². The van der Waals surface area contributed by atoms with Gasteiger partial charge < -0.3 is 10.6 Å². The second kappa shape index (κ2) is 6.02. The van der Waals surface area contributed by atoms with Gasteiger partial charge in [0.05, 0.1) is 11.5 Å². The number of nitrogens with one attached hydrogen (secondary N) is 2. The minimum Gasteiger partial charge on any atom is -0.353 e. The highest BCUT2D eigenvalue weighted by atomic mass is 32.2. The fourth-order valence-corrected chi connectivity index (χ4v) is 4.20. The lowest BCUT2D eigenvalue weighted by molar-refractivity contribution is -0.122. The number of hydrogen-bond donors (Lipinski definition) is 2. The molecule has 0 aromatic rings. The molecule has 1 unspecified atom stereocenters. The van der Waals surface area contributed by atoms with E-state index in [9.17, 15) is 13.2 Å². The highest BCUT2D eigenvalue weighted by Crippen LogP contribution is 2.17. The quantitative estimate of drug-likeness (QED) is 0.771. The molecule has 1 aliphatic carbocycles. The molecule has 0 aromatic heterocycles. The summed E-state index contributed by atoms with van der Waals surface area (Å²) < 4.78 is 22.9. The van der Waals surface area contributed by atoms with Crippen molar-refractivity contribution in [2.45, 2.75) is 50.6 Å². The Kier molecular flexibility index (Phi) is 4.61. The Balaban J connectivity index is 1.76. The lowest BCUT2D eigenvalue weighted by Crippen LogP contribution is -2.48. The summed E-state index contributed by atoms with van der Waals surface area (Å²) in [5.74, 6) is 0.259. The average molecular weight is 274 g/mol. The Morgan fingerprint density at radius 3 is 2.61 bits per heavy atom. The predicted octanol–water partition coefficient (Wildman–Crippen LogP) is 0.212. The second-order valence-electron chi connectivity index (χ2n) is 5.37. The fraction of sp³-hybridized carbons (Fsp3) is 0.917. The molecule has 0 bridgehead atoms. The largest absolute Gasteiger partial charge is 0.353 e. The summed E-state index contributed by atoms with van der Waals surface area (Å²) in [6.07, 6.45) is 6.01. The van der Waals surface area contributed by atoms with Crippen molar-refractivity contribution >= 4 is 15.7 Å². The van der Waals surface area contributed by atoms with Gasteiger partial charge in [-0.1, -0.05) is 19.3 Å². The van der Waals surface area contributed by atoms with Gasteiger partial charge in [0.1, 0.15) is 0 Å². The van der Waals surface area contributed by atoms with Gasteiger partial charge in [-0.15, -0.1) is 0 Å². The first-order valence-electron chi connectivity index (χ1n) is 6.78. The van der Waals surface area contributed by atoms with E-state index in [-0.39, 0.29) is 29.9 Å². The molecule has 18 heavy (non-hydrogen) atoms. The maximum Gasteiger partial charge on any atom is 0.221 e. The standard InChI is InChI=1S/C12H22N2O3S/c15-12(14-10-4-2-1-3-5-10)8-11-9-18(16,17)7-6-13-11/h10-11,13H,1-9H2,(H,14,15). The summed E-state index contributed by atoms with van der Waals surface area (Å²) in [6, 6.07) is 0.0822. The minimum atomic E-state index is -2.95. The van der Waals surface area contributed by atoms with Crippen LogP contribution in [-0.2, 0) is 14.6 Å². The van der Waals surface area contributed by atoms with E-state index in [0.29, 0.717) is 12.6 Å². The highest BCUT2D eigenvalue weighted by molar-refractivity contribution is 7.91. The average Bonchev–Trinajstić information content (AvgIpc) is 2.28. The molecule has 0 radical (unpaired) electrons. The van der Waals surface area contributed by atoms with Crippen LogP contribution in [0.5, 0.6) is 0 Å². The van der Waals surface area contributed by atoms with Crippen LogP contribution in [0.25, 0.3) is 0 Å². The minimum absolute atomic E-state index is 0.0171. The summed E-state index contributed by atoms with van der Waals surface area (Å²) in [7, 11) is -2.95. The molecule has 2 aliphatic rings. The van der Waals surface area contributed by atoms with Crippen LogP contribution in [0.2, 0.25) is 0 Å². The summed E-state index contributed by atoms with van der Waals surface area (Å²) in [4.78, 5) is 11.8. The Morgan fingerprint density at radius 1 is 1.22 bits per heavy atom. The SMILES string of the molecule is O=C(CC1CS(=O)(=O)CCN1)NC1CCCCC1. The molecule has 1 saturated carbocycles. The Hall–Kier alpha value is -0.620. The first-order valence-corrected chi connectivity index (χ1v) is 8.60. The van der Waals surface area contributed by atoms with Crippen molar-refractivity contribution in [3.8, 4) is 0 Å². The van der Waals surface area contributed by atoms with Crippen LogP contribution in [0.4, 0.5) is 0 Å². The number of carbonyl (C=O) groups excluding carboxylic acids is 1. The van der Waals surface area contributed by atoms with Crippen LogP contribution >= 0.6 is 0 Å². The molecule has 2 rings (SSSR count). The summed E-state index contributed by atoms with van der Waals surface area (Å²) in [5, 5.41) is 6.12. The van der Waals surface area contributed by atoms with Crippen LogP contribution in [0, 0.1) is 0 Å². The highest BCUT2D eigenvalue weighted by Gasteiger charge is 2.26. The number of carbonyl (C=O) groups is 1. The van der Waals surface area contributed by atoms with Gasteiger partial charge in [0.15, 0.2) is 9.84 Å². The van der Waals surface area contributed by atoms with E-state index in [0.717, 1.165) is 12.8 Å². The molecule has 2 N–H and O–H groups in total. The number of rotatable bonds is 3. The molecule has 1 amide bonds. The summed E-state index contributed by atoms with van der Waals surface area (Å²) in [5.41, 5.74) is 0. The summed E-state index contributed by atoms with van der Waals surface area (Å²) in [6.45, 7) is 0.462. The first-order chi connectivity index (χ1) is 8.55. The fourth-order valence-electron chi connectivity index (χ4n) is 2.76. The Morgan fingerprint density at radius 2 is 1.94 bits per heavy atom. The molecule has 0 aromatic carbocycles. The summed E-state index contributed by atoms with van der Waals surface area (Å²) >= 11 is 0. The molecule has 0 spiro atoms. The van der Waals surface area contributed by atoms with Crippen LogP contribution in [0.3, 0.4) is 0 Å². The first kappa shape index (κ1) is 13.8. The predicted molar refractivity (Wildman–Crippen MR) is 70.1 cm³/mol. The number of hydrogen-bond acceptors (Lipinski definition) is 4. The van der Waals surface area contributed by atoms with E-state index in [4.69, 9.17) is 0 Å². The van der Waals surface area contributed by atoms with E-state index in [1.165, 1.54) is 19.3 Å². The van der Waals surface area contributed by atoms with Gasteiger partial charge in [-0.25, -0.2) is 8.42 Å². The third-order valence-corrected chi connectivity index (χ3v) is 5.44. The lowest BCUT2D eigenvalue weighted by atomic mass is 9.95. The number of amides is 1. The van der Waals surface area contributed by atoms with Crippen LogP contribution in [0.1, 0.15) is 38.5 Å². The van der Waals surface area contributed by atoms with Crippen molar-refractivity contribution < 1.29 is 13.2 Å².